The van der Waals surface area contributed by atoms with Crippen molar-refractivity contribution < 1.29 is 9.53 Å². The largest absolute Gasteiger partial charge is 0.376 e. The van der Waals surface area contributed by atoms with E-state index in [1.807, 2.05) is 6.07 Å². The second-order valence-electron chi connectivity index (χ2n) is 6.89. The second-order valence-corrected chi connectivity index (χ2v) is 9.07. The van der Waals surface area contributed by atoms with Gasteiger partial charge in [-0.05, 0) is 25.0 Å². The summed E-state index contributed by atoms with van der Waals surface area (Å²) < 4.78 is 6.36. The van der Waals surface area contributed by atoms with Crippen molar-refractivity contribution >= 4 is 39.8 Å². The van der Waals surface area contributed by atoms with Crippen LogP contribution in [0.3, 0.4) is 0 Å². The SMILES string of the molecule is O=C(CSc1nnc(N2CCN(c3ccccc3)CC2)s1)NC[C@H]1CCCO1. The zero-order valence-corrected chi connectivity index (χ0v) is 17.4. The molecule has 9 heteroatoms. The number of amides is 1. The number of nitrogens with zero attached hydrogens (tertiary/aromatic N) is 4. The summed E-state index contributed by atoms with van der Waals surface area (Å²) >= 11 is 3.01. The van der Waals surface area contributed by atoms with Crippen molar-refractivity contribution in [3.8, 4) is 0 Å². The maximum absolute atomic E-state index is 12.0. The van der Waals surface area contributed by atoms with Gasteiger partial charge in [-0.3, -0.25) is 4.79 Å². The van der Waals surface area contributed by atoms with Gasteiger partial charge in [0.15, 0.2) is 4.34 Å². The van der Waals surface area contributed by atoms with E-state index in [4.69, 9.17) is 4.74 Å². The van der Waals surface area contributed by atoms with Crippen LogP contribution in [0.4, 0.5) is 10.8 Å². The number of anilines is 2. The van der Waals surface area contributed by atoms with E-state index >= 15 is 0 Å². The summed E-state index contributed by atoms with van der Waals surface area (Å²) in [6.45, 7) is 5.20. The van der Waals surface area contributed by atoms with Gasteiger partial charge >= 0.3 is 0 Å². The minimum atomic E-state index is 0.0220. The highest BCUT2D eigenvalue weighted by atomic mass is 32.2. The van der Waals surface area contributed by atoms with Gasteiger partial charge in [0, 0.05) is 45.0 Å². The van der Waals surface area contributed by atoms with Gasteiger partial charge < -0.3 is 19.9 Å². The smallest absolute Gasteiger partial charge is 0.230 e. The highest BCUT2D eigenvalue weighted by molar-refractivity contribution is 8.01. The molecule has 4 rings (SSSR count). The molecular formula is C19H25N5O2S2. The van der Waals surface area contributed by atoms with Crippen molar-refractivity contribution in [2.24, 2.45) is 0 Å². The predicted octanol–water partition coefficient (Wildman–Crippen LogP) is 2.25. The lowest BCUT2D eigenvalue weighted by atomic mass is 10.2. The molecule has 1 amide bonds. The quantitative estimate of drug-likeness (QED) is 0.690. The molecule has 2 aliphatic heterocycles. The first-order valence-electron chi connectivity index (χ1n) is 9.67. The molecule has 0 spiro atoms. The third-order valence-corrected chi connectivity index (χ3v) is 7.06. The summed E-state index contributed by atoms with van der Waals surface area (Å²) in [5.74, 6) is 0.386. The standard InChI is InChI=1S/C19H25N5O2S2/c25-17(20-13-16-7-4-12-26-16)14-27-19-22-21-18(28-19)24-10-8-23(9-11-24)15-5-2-1-3-6-15/h1-3,5-6,16H,4,7-14H2,(H,20,25)/t16-/m1/s1. The van der Waals surface area contributed by atoms with Crippen LogP contribution < -0.4 is 15.1 Å². The average Bonchev–Trinajstić information content (AvgIpc) is 3.44. The first-order chi connectivity index (χ1) is 13.8. The molecule has 1 aromatic heterocycles. The van der Waals surface area contributed by atoms with Gasteiger partial charge in [-0.2, -0.15) is 0 Å². The summed E-state index contributed by atoms with van der Waals surface area (Å²) in [7, 11) is 0. The molecule has 0 aliphatic carbocycles. The van der Waals surface area contributed by atoms with E-state index < -0.39 is 0 Å². The maximum atomic E-state index is 12.0. The fourth-order valence-electron chi connectivity index (χ4n) is 3.39. The predicted molar refractivity (Wildman–Crippen MR) is 113 cm³/mol. The molecule has 2 saturated heterocycles. The first kappa shape index (κ1) is 19.5. The normalized spacial score (nSPS) is 19.8. The van der Waals surface area contributed by atoms with Gasteiger partial charge in [-0.25, -0.2) is 0 Å². The zero-order valence-electron chi connectivity index (χ0n) is 15.7. The van der Waals surface area contributed by atoms with E-state index in [1.54, 1.807) is 11.3 Å². The van der Waals surface area contributed by atoms with Crippen molar-refractivity contribution in [3.63, 3.8) is 0 Å². The summed E-state index contributed by atoms with van der Waals surface area (Å²) in [5, 5.41) is 12.5. The highest BCUT2D eigenvalue weighted by Gasteiger charge is 2.21. The Morgan fingerprint density at radius 3 is 2.71 bits per heavy atom. The number of thioether (sulfide) groups is 1. The van der Waals surface area contributed by atoms with Crippen molar-refractivity contribution in [3.05, 3.63) is 30.3 Å². The molecule has 2 aromatic rings. The molecule has 0 radical (unpaired) electrons. The Labute approximate surface area is 173 Å². The third-order valence-electron chi connectivity index (χ3n) is 4.94. The lowest BCUT2D eigenvalue weighted by Crippen LogP contribution is -2.46. The fourth-order valence-corrected chi connectivity index (χ4v) is 5.12. The summed E-state index contributed by atoms with van der Waals surface area (Å²) in [6, 6.07) is 10.5. The molecule has 3 heterocycles. The third kappa shape index (κ3) is 5.15. The van der Waals surface area contributed by atoms with Gasteiger partial charge in [-0.1, -0.05) is 41.3 Å². The molecule has 1 atom stereocenters. The molecule has 0 unspecified atom stereocenters. The highest BCUT2D eigenvalue weighted by Crippen LogP contribution is 2.29. The second kappa shape index (κ2) is 9.58. The fraction of sp³-hybridized carbons (Fsp3) is 0.526. The van der Waals surface area contributed by atoms with E-state index in [1.165, 1.54) is 17.4 Å². The number of hydrogen-bond donors (Lipinski definition) is 1. The van der Waals surface area contributed by atoms with Crippen LogP contribution >= 0.6 is 23.1 Å². The van der Waals surface area contributed by atoms with E-state index in [2.05, 4.69) is 49.6 Å². The Morgan fingerprint density at radius 2 is 1.96 bits per heavy atom. The van der Waals surface area contributed by atoms with E-state index in [0.717, 1.165) is 55.1 Å². The van der Waals surface area contributed by atoms with Gasteiger partial charge in [0.2, 0.25) is 11.0 Å². The molecule has 1 N–H and O–H groups in total. The average molecular weight is 420 g/mol. The number of nitrogens with one attached hydrogen (secondary N) is 1. The minimum absolute atomic E-state index is 0.0220. The van der Waals surface area contributed by atoms with Crippen LogP contribution in [0.15, 0.2) is 34.7 Å². The van der Waals surface area contributed by atoms with E-state index in [0.29, 0.717) is 12.3 Å². The number of aromatic nitrogens is 2. The topological polar surface area (TPSA) is 70.6 Å². The number of piperazine rings is 1. The number of hydrogen-bond acceptors (Lipinski definition) is 8. The molecular weight excluding hydrogens is 394 g/mol. The molecule has 28 heavy (non-hydrogen) atoms. The minimum Gasteiger partial charge on any atom is -0.376 e. The van der Waals surface area contributed by atoms with Crippen LogP contribution in [0.5, 0.6) is 0 Å². The number of carbonyl (C=O) groups excluding carboxylic acids is 1. The zero-order chi connectivity index (χ0) is 19.2. The number of ether oxygens (including phenoxy) is 1. The summed E-state index contributed by atoms with van der Waals surface area (Å²) in [5.41, 5.74) is 1.27. The Morgan fingerprint density at radius 1 is 1.18 bits per heavy atom. The van der Waals surface area contributed by atoms with Gasteiger partial charge in [0.05, 0.1) is 11.9 Å². The van der Waals surface area contributed by atoms with Crippen LogP contribution in [0.1, 0.15) is 12.8 Å². The summed E-state index contributed by atoms with van der Waals surface area (Å²) in [6.07, 6.45) is 2.30. The Bertz CT molecular complexity index is 759. The molecule has 2 fully saturated rings. The van der Waals surface area contributed by atoms with Crippen LogP contribution in [-0.2, 0) is 9.53 Å². The maximum Gasteiger partial charge on any atom is 0.230 e. The number of carbonyl (C=O) groups is 1. The van der Waals surface area contributed by atoms with Crippen molar-refractivity contribution in [2.75, 3.05) is 54.9 Å². The Balaban J connectivity index is 1.20. The van der Waals surface area contributed by atoms with Crippen molar-refractivity contribution in [1.82, 2.24) is 15.5 Å². The number of para-hydroxylation sites is 1. The molecule has 1 aromatic carbocycles. The molecule has 0 saturated carbocycles. The van der Waals surface area contributed by atoms with Crippen LogP contribution in [0.2, 0.25) is 0 Å². The number of benzene rings is 1. The van der Waals surface area contributed by atoms with Crippen molar-refractivity contribution in [1.29, 1.82) is 0 Å². The first-order valence-corrected chi connectivity index (χ1v) is 11.5. The van der Waals surface area contributed by atoms with Crippen LogP contribution in [0.25, 0.3) is 0 Å². The van der Waals surface area contributed by atoms with E-state index in [9.17, 15) is 4.79 Å². The van der Waals surface area contributed by atoms with Gasteiger partial charge in [-0.15, -0.1) is 10.2 Å². The monoisotopic (exact) mass is 419 g/mol. The molecule has 7 nitrogen and oxygen atoms in total. The molecule has 0 bridgehead atoms. The summed E-state index contributed by atoms with van der Waals surface area (Å²) in [4.78, 5) is 16.7. The Hall–Kier alpha value is -1.84. The lowest BCUT2D eigenvalue weighted by Gasteiger charge is -2.35. The van der Waals surface area contributed by atoms with Gasteiger partial charge in [0.1, 0.15) is 0 Å². The Kier molecular flexibility index (Phi) is 6.66. The van der Waals surface area contributed by atoms with Crippen LogP contribution in [-0.4, -0.2) is 67.3 Å². The molecule has 150 valence electrons. The molecule has 2 aliphatic rings. The number of rotatable bonds is 7. The lowest BCUT2D eigenvalue weighted by molar-refractivity contribution is -0.119. The van der Waals surface area contributed by atoms with Gasteiger partial charge in [0.25, 0.3) is 0 Å². The van der Waals surface area contributed by atoms with Crippen LogP contribution in [0, 0.1) is 0 Å². The van der Waals surface area contributed by atoms with E-state index in [-0.39, 0.29) is 12.0 Å². The van der Waals surface area contributed by atoms with Crippen molar-refractivity contribution in [2.45, 2.75) is 23.3 Å².